The van der Waals surface area contributed by atoms with Crippen molar-refractivity contribution in [3.8, 4) is 6.07 Å². The fourth-order valence-electron chi connectivity index (χ4n) is 1.74. The van der Waals surface area contributed by atoms with Crippen molar-refractivity contribution in [1.29, 1.82) is 5.26 Å². The molecular weight excluding hydrogens is 308 g/mol. The molecular formula is C16H11F2NO2S. The minimum Gasteiger partial charge on any atom is -0.457 e. The van der Waals surface area contributed by atoms with Gasteiger partial charge in [0.25, 0.3) is 5.76 Å². The Morgan fingerprint density at radius 2 is 1.95 bits per heavy atom. The maximum atomic E-state index is 12.2. The molecule has 0 saturated heterocycles. The monoisotopic (exact) mass is 319 g/mol. The molecule has 0 heterocycles. The number of thioether (sulfide) groups is 1. The molecule has 0 amide bonds. The molecule has 3 nitrogen and oxygen atoms in total. The summed E-state index contributed by atoms with van der Waals surface area (Å²) in [5, 5.41) is 8.79. The highest BCUT2D eigenvalue weighted by Crippen LogP contribution is 2.25. The van der Waals surface area contributed by atoms with E-state index in [1.165, 1.54) is 24.3 Å². The van der Waals surface area contributed by atoms with Gasteiger partial charge in [-0.15, -0.1) is 0 Å². The maximum absolute atomic E-state index is 12.2. The number of esters is 1. The number of benzene rings is 2. The lowest BCUT2D eigenvalue weighted by Crippen LogP contribution is -2.05. The summed E-state index contributed by atoms with van der Waals surface area (Å²) in [5.41, 5.74) is 1.48. The fraction of sp³-hybridized carbons (Fsp3) is 0.125. The highest BCUT2D eigenvalue weighted by molar-refractivity contribution is 7.99. The van der Waals surface area contributed by atoms with Crippen molar-refractivity contribution < 1.29 is 18.3 Å². The maximum Gasteiger partial charge on any atom is 0.338 e. The topological polar surface area (TPSA) is 50.1 Å². The molecule has 2 rings (SSSR count). The van der Waals surface area contributed by atoms with Gasteiger partial charge in [0.2, 0.25) is 0 Å². The van der Waals surface area contributed by atoms with Gasteiger partial charge in [-0.25, -0.2) is 4.79 Å². The van der Waals surface area contributed by atoms with Crippen LogP contribution in [0.1, 0.15) is 21.5 Å². The van der Waals surface area contributed by atoms with Gasteiger partial charge in [0, 0.05) is 4.90 Å². The van der Waals surface area contributed by atoms with Gasteiger partial charge < -0.3 is 4.74 Å². The summed E-state index contributed by atoms with van der Waals surface area (Å²) in [4.78, 5) is 12.2. The first kappa shape index (κ1) is 16.0. The van der Waals surface area contributed by atoms with E-state index in [0.717, 1.165) is 0 Å². The van der Waals surface area contributed by atoms with Crippen LogP contribution in [0.5, 0.6) is 0 Å². The number of carbonyl (C=O) groups is 1. The van der Waals surface area contributed by atoms with Crippen molar-refractivity contribution in [3.63, 3.8) is 0 Å². The Kier molecular flexibility index (Phi) is 5.50. The Hall–Kier alpha value is -2.39. The van der Waals surface area contributed by atoms with Crippen molar-refractivity contribution in [2.24, 2.45) is 0 Å². The molecule has 22 heavy (non-hydrogen) atoms. The number of carbonyl (C=O) groups excluding carboxylic acids is 1. The largest absolute Gasteiger partial charge is 0.457 e. The van der Waals surface area contributed by atoms with Crippen LogP contribution in [0.2, 0.25) is 0 Å². The van der Waals surface area contributed by atoms with E-state index in [0.29, 0.717) is 27.8 Å². The lowest BCUT2D eigenvalue weighted by atomic mass is 10.1. The smallest absolute Gasteiger partial charge is 0.338 e. The summed E-state index contributed by atoms with van der Waals surface area (Å²) >= 11 is 0.417. The third-order valence-corrected chi connectivity index (χ3v) is 3.46. The van der Waals surface area contributed by atoms with Crippen molar-refractivity contribution in [1.82, 2.24) is 0 Å². The van der Waals surface area contributed by atoms with E-state index in [1.54, 1.807) is 24.3 Å². The zero-order chi connectivity index (χ0) is 15.9. The molecule has 0 unspecified atom stereocenters. The summed E-state index contributed by atoms with van der Waals surface area (Å²) < 4.78 is 29.5. The molecule has 0 N–H and O–H groups in total. The second kappa shape index (κ2) is 7.57. The first-order chi connectivity index (χ1) is 10.6. The van der Waals surface area contributed by atoms with Crippen molar-refractivity contribution in [2.45, 2.75) is 17.3 Å². The van der Waals surface area contributed by atoms with Crippen molar-refractivity contribution in [3.05, 3.63) is 65.2 Å². The summed E-state index contributed by atoms with van der Waals surface area (Å²) in [6, 6.07) is 14.5. The highest BCUT2D eigenvalue weighted by Gasteiger charge is 2.09. The molecule has 0 aromatic heterocycles. The molecule has 0 aliphatic carbocycles. The number of ether oxygens (including phenoxy) is 1. The van der Waals surface area contributed by atoms with Crippen LogP contribution in [0, 0.1) is 11.3 Å². The number of halogens is 2. The van der Waals surface area contributed by atoms with E-state index >= 15 is 0 Å². The second-order valence-electron chi connectivity index (χ2n) is 4.29. The summed E-state index contributed by atoms with van der Waals surface area (Å²) in [7, 11) is 0. The average Bonchev–Trinajstić information content (AvgIpc) is 2.53. The molecule has 0 bridgehead atoms. The minimum atomic E-state index is -2.50. The number of nitriles is 1. The predicted molar refractivity (Wildman–Crippen MR) is 78.6 cm³/mol. The normalized spacial score (nSPS) is 10.3. The third-order valence-electron chi connectivity index (χ3n) is 2.74. The van der Waals surface area contributed by atoms with Gasteiger partial charge in [0.1, 0.15) is 6.61 Å². The van der Waals surface area contributed by atoms with Crippen LogP contribution in [0.4, 0.5) is 8.78 Å². The van der Waals surface area contributed by atoms with Crippen LogP contribution in [0.3, 0.4) is 0 Å². The zero-order valence-corrected chi connectivity index (χ0v) is 12.1. The molecule has 0 spiro atoms. The third kappa shape index (κ3) is 4.57. The summed E-state index contributed by atoms with van der Waals surface area (Å²) in [5.74, 6) is -3.04. The van der Waals surface area contributed by atoms with Crippen molar-refractivity contribution >= 4 is 17.7 Å². The van der Waals surface area contributed by atoms with Gasteiger partial charge in [0.05, 0.1) is 17.2 Å². The Morgan fingerprint density at radius 3 is 2.59 bits per heavy atom. The van der Waals surface area contributed by atoms with E-state index in [-0.39, 0.29) is 12.2 Å². The quantitative estimate of drug-likeness (QED) is 0.611. The van der Waals surface area contributed by atoms with Crippen LogP contribution < -0.4 is 0 Å². The van der Waals surface area contributed by atoms with E-state index in [2.05, 4.69) is 0 Å². The molecule has 0 saturated carbocycles. The first-order valence-corrected chi connectivity index (χ1v) is 7.17. The van der Waals surface area contributed by atoms with E-state index in [4.69, 9.17) is 10.00 Å². The van der Waals surface area contributed by atoms with Gasteiger partial charge in [-0.3, -0.25) is 0 Å². The number of hydrogen-bond acceptors (Lipinski definition) is 4. The Morgan fingerprint density at radius 1 is 1.23 bits per heavy atom. The molecule has 0 aliphatic heterocycles. The molecule has 6 heteroatoms. The standard InChI is InChI=1S/C16H11F2NO2S/c17-16(18)22-14-6-4-13(5-7-14)15(20)21-10-12-3-1-2-11(8-12)9-19/h1-8,16H,10H2. The summed E-state index contributed by atoms with van der Waals surface area (Å²) in [6.45, 7) is 0.0435. The van der Waals surface area contributed by atoms with E-state index in [9.17, 15) is 13.6 Å². The van der Waals surface area contributed by atoms with Crippen molar-refractivity contribution in [2.75, 3.05) is 0 Å². The lowest BCUT2D eigenvalue weighted by molar-refractivity contribution is 0.0472. The van der Waals surface area contributed by atoms with Gasteiger partial charge >= 0.3 is 5.97 Å². The SMILES string of the molecule is N#Cc1cccc(COC(=O)c2ccc(SC(F)F)cc2)c1. The Labute approximate surface area is 130 Å². The average molecular weight is 319 g/mol. The molecule has 0 aliphatic rings. The predicted octanol–water partition coefficient (Wildman–Crippen LogP) is 4.23. The van der Waals surface area contributed by atoms with Gasteiger partial charge in [-0.1, -0.05) is 23.9 Å². The molecule has 0 fully saturated rings. The molecule has 112 valence electrons. The highest BCUT2D eigenvalue weighted by atomic mass is 32.2. The zero-order valence-electron chi connectivity index (χ0n) is 11.3. The molecule has 0 atom stereocenters. The molecule has 0 radical (unpaired) electrons. The minimum absolute atomic E-state index is 0.0435. The number of nitrogens with zero attached hydrogens (tertiary/aromatic N) is 1. The lowest BCUT2D eigenvalue weighted by Gasteiger charge is -2.06. The Balaban J connectivity index is 1.96. The van der Waals surface area contributed by atoms with Gasteiger partial charge in [0.15, 0.2) is 0 Å². The second-order valence-corrected chi connectivity index (χ2v) is 5.35. The van der Waals surface area contributed by atoms with Crippen LogP contribution in [-0.2, 0) is 11.3 Å². The fourth-order valence-corrected chi connectivity index (χ4v) is 2.23. The summed E-state index contributed by atoms with van der Waals surface area (Å²) in [6.07, 6.45) is 0. The van der Waals surface area contributed by atoms with Crippen LogP contribution in [-0.4, -0.2) is 11.7 Å². The van der Waals surface area contributed by atoms with E-state index < -0.39 is 11.7 Å². The van der Waals surface area contributed by atoms with Crippen LogP contribution >= 0.6 is 11.8 Å². The first-order valence-electron chi connectivity index (χ1n) is 6.29. The molecule has 2 aromatic rings. The van der Waals surface area contributed by atoms with Crippen LogP contribution in [0.15, 0.2) is 53.4 Å². The number of rotatable bonds is 5. The number of alkyl halides is 2. The van der Waals surface area contributed by atoms with Gasteiger partial charge in [-0.05, 0) is 42.0 Å². The van der Waals surface area contributed by atoms with E-state index in [1.807, 2.05) is 6.07 Å². The van der Waals surface area contributed by atoms with Gasteiger partial charge in [-0.2, -0.15) is 14.0 Å². The molecule has 2 aromatic carbocycles. The van der Waals surface area contributed by atoms with Crippen LogP contribution in [0.25, 0.3) is 0 Å². The number of hydrogen-bond donors (Lipinski definition) is 0. The Bertz CT molecular complexity index is 696.